The van der Waals surface area contributed by atoms with Gasteiger partial charge < -0.3 is 9.32 Å². The van der Waals surface area contributed by atoms with Crippen LogP contribution in [0.5, 0.6) is 0 Å². The molecule has 2 aromatic heterocycles. The lowest BCUT2D eigenvalue weighted by atomic mass is 9.97. The highest BCUT2D eigenvalue weighted by Crippen LogP contribution is 2.28. The van der Waals surface area contributed by atoms with E-state index in [0.29, 0.717) is 24.4 Å². The van der Waals surface area contributed by atoms with Crippen molar-refractivity contribution in [2.75, 3.05) is 13.1 Å². The summed E-state index contributed by atoms with van der Waals surface area (Å²) < 4.78 is 6.00. The summed E-state index contributed by atoms with van der Waals surface area (Å²) in [6, 6.07) is 11.3. The second-order valence-corrected chi connectivity index (χ2v) is 7.24. The maximum atomic E-state index is 12.7. The fourth-order valence-electron chi connectivity index (χ4n) is 3.43. The number of halogens is 1. The third kappa shape index (κ3) is 4.19. The summed E-state index contributed by atoms with van der Waals surface area (Å²) in [6.07, 6.45) is 7.65. The summed E-state index contributed by atoms with van der Waals surface area (Å²) in [5.41, 5.74) is 1.74. The van der Waals surface area contributed by atoms with E-state index in [1.165, 1.54) is 0 Å². The van der Waals surface area contributed by atoms with Gasteiger partial charge in [0.05, 0.1) is 17.7 Å². The molecule has 3 heterocycles. The molecule has 1 amide bonds. The Hall–Kier alpha value is -2.66. The van der Waals surface area contributed by atoms with E-state index in [2.05, 4.69) is 9.97 Å². The van der Waals surface area contributed by atoms with E-state index in [9.17, 15) is 4.79 Å². The number of amides is 1. The van der Waals surface area contributed by atoms with Crippen molar-refractivity contribution < 1.29 is 9.21 Å². The zero-order valence-corrected chi connectivity index (χ0v) is 15.6. The number of benzene rings is 1. The van der Waals surface area contributed by atoms with Gasteiger partial charge in [0.15, 0.2) is 5.89 Å². The molecule has 1 aliphatic heterocycles. The molecular weight excluding hydrogens is 362 g/mol. The minimum Gasteiger partial charge on any atom is -0.445 e. The zero-order valence-electron chi connectivity index (χ0n) is 14.8. The highest BCUT2D eigenvalue weighted by atomic mass is 35.5. The second-order valence-electron chi connectivity index (χ2n) is 6.80. The second kappa shape index (κ2) is 7.92. The van der Waals surface area contributed by atoms with E-state index < -0.39 is 0 Å². The van der Waals surface area contributed by atoms with Crippen LogP contribution in [0.3, 0.4) is 0 Å². The molecule has 1 fully saturated rings. The molecular formula is C21H20ClN3O2. The number of hydrogen-bond donors (Lipinski definition) is 0. The predicted octanol–water partition coefficient (Wildman–Crippen LogP) is 4.33. The highest BCUT2D eigenvalue weighted by molar-refractivity contribution is 6.30. The largest absolute Gasteiger partial charge is 0.445 e. The molecule has 0 saturated carbocycles. The van der Waals surface area contributed by atoms with Crippen LogP contribution in [0, 0.1) is 0 Å². The Morgan fingerprint density at radius 2 is 2.07 bits per heavy atom. The molecule has 138 valence electrons. The molecule has 4 rings (SSSR count). The van der Waals surface area contributed by atoms with E-state index in [4.69, 9.17) is 16.0 Å². The van der Waals surface area contributed by atoms with Crippen LogP contribution < -0.4 is 0 Å². The molecule has 0 unspecified atom stereocenters. The van der Waals surface area contributed by atoms with Gasteiger partial charge in [0.25, 0.3) is 5.91 Å². The number of aromatic nitrogens is 2. The fraction of sp³-hybridized carbons (Fsp3) is 0.286. The van der Waals surface area contributed by atoms with Crippen molar-refractivity contribution in [2.24, 2.45) is 0 Å². The Kier molecular flexibility index (Phi) is 5.21. The van der Waals surface area contributed by atoms with Crippen LogP contribution >= 0.6 is 11.6 Å². The van der Waals surface area contributed by atoms with Crippen molar-refractivity contribution in [3.8, 4) is 0 Å². The average molecular weight is 382 g/mol. The average Bonchev–Trinajstić information content (AvgIpc) is 3.18. The summed E-state index contributed by atoms with van der Waals surface area (Å²) in [5.74, 6) is 1.67. The maximum absolute atomic E-state index is 12.7. The quantitative estimate of drug-likeness (QED) is 0.674. The number of nitrogens with zero attached hydrogens (tertiary/aromatic N) is 3. The molecule has 27 heavy (non-hydrogen) atoms. The van der Waals surface area contributed by atoms with Crippen molar-refractivity contribution >= 4 is 17.5 Å². The maximum Gasteiger partial charge on any atom is 0.255 e. The van der Waals surface area contributed by atoms with Crippen LogP contribution in [0.2, 0.25) is 5.02 Å². The molecule has 6 heteroatoms. The number of likely N-dealkylation sites (tertiary alicyclic amines) is 1. The molecule has 0 aliphatic carbocycles. The lowest BCUT2D eigenvalue weighted by Crippen LogP contribution is -2.39. The molecule has 3 aromatic rings. The smallest absolute Gasteiger partial charge is 0.255 e. The van der Waals surface area contributed by atoms with E-state index >= 15 is 0 Å². The first-order valence-corrected chi connectivity index (χ1v) is 9.45. The van der Waals surface area contributed by atoms with Gasteiger partial charge in [-0.25, -0.2) is 4.98 Å². The Labute approximate surface area is 163 Å². The van der Waals surface area contributed by atoms with Crippen molar-refractivity contribution in [3.05, 3.63) is 82.8 Å². The Morgan fingerprint density at radius 1 is 1.22 bits per heavy atom. The number of carbonyl (C=O) groups excluding carboxylic acids is 1. The van der Waals surface area contributed by atoms with Crippen molar-refractivity contribution in [1.29, 1.82) is 0 Å². The molecule has 0 spiro atoms. The third-order valence-corrected chi connectivity index (χ3v) is 5.08. The van der Waals surface area contributed by atoms with Gasteiger partial charge in [0.2, 0.25) is 0 Å². The van der Waals surface area contributed by atoms with Crippen molar-refractivity contribution in [3.63, 3.8) is 0 Å². The molecule has 1 saturated heterocycles. The summed E-state index contributed by atoms with van der Waals surface area (Å²) in [5, 5.41) is 0.720. The minimum absolute atomic E-state index is 0.0146. The molecule has 1 atom stereocenters. The van der Waals surface area contributed by atoms with Gasteiger partial charge in [0, 0.05) is 36.9 Å². The van der Waals surface area contributed by atoms with Gasteiger partial charge >= 0.3 is 0 Å². The number of oxazole rings is 1. The first-order valence-electron chi connectivity index (χ1n) is 9.07. The van der Waals surface area contributed by atoms with Crippen LogP contribution in [-0.4, -0.2) is 33.9 Å². The first-order chi connectivity index (χ1) is 13.2. The van der Waals surface area contributed by atoms with Crippen LogP contribution in [0.15, 0.2) is 59.4 Å². The van der Waals surface area contributed by atoms with E-state index in [-0.39, 0.29) is 11.8 Å². The topological polar surface area (TPSA) is 59.2 Å². The van der Waals surface area contributed by atoms with Gasteiger partial charge in [-0.05, 0) is 42.7 Å². The molecule has 1 aliphatic rings. The van der Waals surface area contributed by atoms with E-state index in [0.717, 1.165) is 35.7 Å². The van der Waals surface area contributed by atoms with Crippen LogP contribution in [-0.2, 0) is 6.42 Å². The Bertz CT molecular complexity index is 909. The van der Waals surface area contributed by atoms with Gasteiger partial charge in [-0.3, -0.25) is 9.78 Å². The van der Waals surface area contributed by atoms with Crippen LogP contribution in [0.1, 0.15) is 46.3 Å². The van der Waals surface area contributed by atoms with Crippen LogP contribution in [0.25, 0.3) is 0 Å². The molecule has 0 bridgehead atoms. The number of piperidine rings is 1. The standard InChI is InChI=1S/C21H20ClN3O2/c22-18-7-5-15(6-8-18)11-19-13-24-20(27-19)17-4-2-10-25(14-17)21(26)16-3-1-9-23-12-16/h1,3,5-9,12-13,17H,2,4,10-11,14H2/t17-/m0/s1. The first kappa shape index (κ1) is 17.7. The van der Waals surface area contributed by atoms with Gasteiger partial charge in [0.1, 0.15) is 5.76 Å². The third-order valence-electron chi connectivity index (χ3n) is 4.83. The lowest BCUT2D eigenvalue weighted by molar-refractivity contribution is 0.0697. The Balaban J connectivity index is 1.43. The minimum atomic E-state index is 0.0146. The van der Waals surface area contributed by atoms with E-state index in [1.54, 1.807) is 30.7 Å². The molecule has 0 N–H and O–H groups in total. The number of pyridine rings is 1. The van der Waals surface area contributed by atoms with Crippen LogP contribution in [0.4, 0.5) is 0 Å². The predicted molar refractivity (Wildman–Crippen MR) is 103 cm³/mol. The Morgan fingerprint density at radius 3 is 2.85 bits per heavy atom. The summed E-state index contributed by atoms with van der Waals surface area (Å²) in [4.78, 5) is 23.1. The molecule has 0 radical (unpaired) electrons. The number of rotatable bonds is 4. The van der Waals surface area contributed by atoms with Gasteiger partial charge in [-0.15, -0.1) is 0 Å². The van der Waals surface area contributed by atoms with Crippen molar-refractivity contribution in [1.82, 2.24) is 14.9 Å². The SMILES string of the molecule is O=C(c1cccnc1)N1CCC[C@H](c2ncc(Cc3ccc(Cl)cc3)o2)C1. The lowest BCUT2D eigenvalue weighted by Gasteiger charge is -2.31. The molecule has 5 nitrogen and oxygen atoms in total. The fourth-order valence-corrected chi connectivity index (χ4v) is 3.56. The number of carbonyl (C=O) groups is 1. The van der Waals surface area contributed by atoms with Gasteiger partial charge in [-0.1, -0.05) is 23.7 Å². The number of hydrogen-bond acceptors (Lipinski definition) is 4. The van der Waals surface area contributed by atoms with E-state index in [1.807, 2.05) is 29.2 Å². The zero-order chi connectivity index (χ0) is 18.6. The van der Waals surface area contributed by atoms with Gasteiger partial charge in [-0.2, -0.15) is 0 Å². The summed E-state index contributed by atoms with van der Waals surface area (Å²) >= 11 is 5.93. The highest BCUT2D eigenvalue weighted by Gasteiger charge is 2.28. The normalized spacial score (nSPS) is 17.1. The summed E-state index contributed by atoms with van der Waals surface area (Å²) in [6.45, 7) is 1.37. The summed E-state index contributed by atoms with van der Waals surface area (Å²) in [7, 11) is 0. The molecule has 1 aromatic carbocycles. The van der Waals surface area contributed by atoms with Crippen molar-refractivity contribution in [2.45, 2.75) is 25.2 Å². The monoisotopic (exact) mass is 381 g/mol.